The highest BCUT2D eigenvalue weighted by molar-refractivity contribution is 6.30. The van der Waals surface area contributed by atoms with Gasteiger partial charge in [0.2, 0.25) is 0 Å². The molecular weight excluding hydrogens is 295 g/mol. The predicted molar refractivity (Wildman–Crippen MR) is 80.0 cm³/mol. The van der Waals surface area contributed by atoms with E-state index in [1.165, 1.54) is 12.1 Å². The van der Waals surface area contributed by atoms with Gasteiger partial charge in [-0.25, -0.2) is 4.39 Å². The smallest absolute Gasteiger partial charge is 0.272 e. The molecule has 0 aliphatic heterocycles. The lowest BCUT2D eigenvalue weighted by molar-refractivity contribution is -0.385. The number of rotatable bonds is 5. The zero-order chi connectivity index (χ0) is 15.4. The maximum absolute atomic E-state index is 14.0. The molecule has 2 aromatic carbocycles. The molecule has 0 aliphatic rings. The summed E-state index contributed by atoms with van der Waals surface area (Å²) >= 11 is 5.74. The van der Waals surface area contributed by atoms with Crippen LogP contribution in [-0.2, 0) is 6.42 Å². The minimum absolute atomic E-state index is 0.0344. The first kappa shape index (κ1) is 15.4. The van der Waals surface area contributed by atoms with Crippen molar-refractivity contribution in [2.45, 2.75) is 12.5 Å². The van der Waals surface area contributed by atoms with Gasteiger partial charge < -0.3 is 5.32 Å². The second kappa shape index (κ2) is 6.65. The van der Waals surface area contributed by atoms with E-state index in [9.17, 15) is 14.5 Å². The first-order chi connectivity index (χ1) is 10.0. The minimum atomic E-state index is -0.430. The van der Waals surface area contributed by atoms with E-state index in [0.717, 1.165) is 0 Å². The topological polar surface area (TPSA) is 55.2 Å². The standard InChI is InChI=1S/C15H14ClFN2O2/c1-18-14(12-7-6-11(16)9-13(12)17)8-10-4-2-3-5-15(10)19(20)21/h2-7,9,14,18H,8H2,1H3. The van der Waals surface area contributed by atoms with Gasteiger partial charge in [-0.3, -0.25) is 10.1 Å². The van der Waals surface area contributed by atoms with E-state index < -0.39 is 10.7 Å². The van der Waals surface area contributed by atoms with Gasteiger partial charge in [0, 0.05) is 28.3 Å². The Morgan fingerprint density at radius 1 is 1.33 bits per heavy atom. The number of halogens is 2. The third-order valence-electron chi connectivity index (χ3n) is 3.30. The fraction of sp³-hybridized carbons (Fsp3) is 0.200. The molecular formula is C15H14ClFN2O2. The number of hydrogen-bond acceptors (Lipinski definition) is 3. The summed E-state index contributed by atoms with van der Waals surface area (Å²) in [5, 5.41) is 14.3. The molecule has 2 rings (SSSR count). The molecule has 21 heavy (non-hydrogen) atoms. The van der Waals surface area contributed by atoms with E-state index in [0.29, 0.717) is 22.6 Å². The average Bonchev–Trinajstić information content (AvgIpc) is 2.45. The van der Waals surface area contributed by atoms with Gasteiger partial charge in [0.15, 0.2) is 0 Å². The van der Waals surface area contributed by atoms with Crippen LogP contribution in [0, 0.1) is 15.9 Å². The molecule has 1 atom stereocenters. The van der Waals surface area contributed by atoms with Gasteiger partial charge in [0.05, 0.1) is 4.92 Å². The highest BCUT2D eigenvalue weighted by atomic mass is 35.5. The Labute approximate surface area is 126 Å². The zero-order valence-electron chi connectivity index (χ0n) is 11.3. The maximum Gasteiger partial charge on any atom is 0.272 e. The molecule has 6 heteroatoms. The van der Waals surface area contributed by atoms with Crippen LogP contribution in [0.1, 0.15) is 17.2 Å². The van der Waals surface area contributed by atoms with Crippen molar-refractivity contribution < 1.29 is 9.31 Å². The Morgan fingerprint density at radius 2 is 2.05 bits per heavy atom. The molecule has 0 saturated carbocycles. The van der Waals surface area contributed by atoms with Crippen molar-refractivity contribution in [3.8, 4) is 0 Å². The molecule has 1 N–H and O–H groups in total. The summed E-state index contributed by atoms with van der Waals surface area (Å²) in [6, 6.07) is 10.5. The molecule has 0 spiro atoms. The third kappa shape index (κ3) is 3.56. The Balaban J connectivity index is 2.34. The first-order valence-corrected chi connectivity index (χ1v) is 6.75. The van der Waals surface area contributed by atoms with Gasteiger partial charge in [-0.05, 0) is 25.6 Å². The van der Waals surface area contributed by atoms with Gasteiger partial charge >= 0.3 is 0 Å². The van der Waals surface area contributed by atoms with Crippen molar-refractivity contribution in [1.29, 1.82) is 0 Å². The number of nitrogens with one attached hydrogen (secondary N) is 1. The fourth-order valence-electron chi connectivity index (χ4n) is 2.23. The highest BCUT2D eigenvalue weighted by Gasteiger charge is 2.20. The molecule has 0 amide bonds. The Kier molecular flexibility index (Phi) is 4.88. The molecule has 110 valence electrons. The summed E-state index contributed by atoms with van der Waals surface area (Å²) in [6.45, 7) is 0. The largest absolute Gasteiger partial charge is 0.313 e. The van der Waals surface area contributed by atoms with Gasteiger partial charge in [-0.1, -0.05) is 35.9 Å². The lowest BCUT2D eigenvalue weighted by Gasteiger charge is -2.17. The Bertz CT molecular complexity index is 664. The van der Waals surface area contributed by atoms with Gasteiger partial charge in [0.25, 0.3) is 5.69 Å². The van der Waals surface area contributed by atoms with Crippen molar-refractivity contribution in [3.05, 3.63) is 74.5 Å². The molecule has 1 unspecified atom stereocenters. The van der Waals surface area contributed by atoms with Crippen LogP contribution < -0.4 is 5.32 Å². The van der Waals surface area contributed by atoms with Crippen LogP contribution in [0.3, 0.4) is 0 Å². The zero-order valence-corrected chi connectivity index (χ0v) is 12.1. The molecule has 0 bridgehead atoms. The van der Waals surface area contributed by atoms with Gasteiger partial charge in [-0.15, -0.1) is 0 Å². The monoisotopic (exact) mass is 308 g/mol. The van der Waals surface area contributed by atoms with Crippen molar-refractivity contribution in [3.63, 3.8) is 0 Å². The summed E-state index contributed by atoms with van der Waals surface area (Å²) in [7, 11) is 1.69. The van der Waals surface area contributed by atoms with Crippen molar-refractivity contribution in [2.24, 2.45) is 0 Å². The second-order valence-corrected chi connectivity index (χ2v) is 5.03. The molecule has 0 aliphatic carbocycles. The van der Waals surface area contributed by atoms with E-state index in [1.807, 2.05) is 0 Å². The van der Waals surface area contributed by atoms with Crippen LogP contribution in [0.25, 0.3) is 0 Å². The summed E-state index contributed by atoms with van der Waals surface area (Å²) in [5.41, 5.74) is 1.02. The summed E-state index contributed by atoms with van der Waals surface area (Å²) in [6.07, 6.45) is 0.312. The number of para-hydroxylation sites is 1. The lowest BCUT2D eigenvalue weighted by Crippen LogP contribution is -2.20. The second-order valence-electron chi connectivity index (χ2n) is 4.60. The van der Waals surface area contributed by atoms with E-state index in [2.05, 4.69) is 5.32 Å². The van der Waals surface area contributed by atoms with E-state index in [-0.39, 0.29) is 11.7 Å². The Morgan fingerprint density at radius 3 is 2.67 bits per heavy atom. The van der Waals surface area contributed by atoms with Crippen LogP contribution in [-0.4, -0.2) is 12.0 Å². The normalized spacial score (nSPS) is 12.1. The lowest BCUT2D eigenvalue weighted by atomic mass is 9.97. The molecule has 0 heterocycles. The molecule has 0 aromatic heterocycles. The van der Waals surface area contributed by atoms with Crippen molar-refractivity contribution in [1.82, 2.24) is 5.32 Å². The van der Waals surface area contributed by atoms with Gasteiger partial charge in [0.1, 0.15) is 5.82 Å². The van der Waals surface area contributed by atoms with Crippen LogP contribution in [0.2, 0.25) is 5.02 Å². The first-order valence-electron chi connectivity index (χ1n) is 6.37. The van der Waals surface area contributed by atoms with Crippen LogP contribution in [0.4, 0.5) is 10.1 Å². The SMILES string of the molecule is CNC(Cc1ccccc1[N+](=O)[O-])c1ccc(Cl)cc1F. The van der Waals surface area contributed by atoms with Crippen LogP contribution in [0.15, 0.2) is 42.5 Å². The minimum Gasteiger partial charge on any atom is -0.313 e. The number of nitro groups is 1. The summed E-state index contributed by atoms with van der Waals surface area (Å²) in [5.74, 6) is -0.430. The number of likely N-dealkylation sites (N-methyl/N-ethyl adjacent to an activating group) is 1. The number of benzene rings is 2. The van der Waals surface area contributed by atoms with Crippen molar-refractivity contribution >= 4 is 17.3 Å². The van der Waals surface area contributed by atoms with E-state index in [1.54, 1.807) is 37.4 Å². The summed E-state index contributed by atoms with van der Waals surface area (Å²) in [4.78, 5) is 10.6. The maximum atomic E-state index is 14.0. The molecule has 4 nitrogen and oxygen atoms in total. The third-order valence-corrected chi connectivity index (χ3v) is 3.53. The quantitative estimate of drug-likeness (QED) is 0.673. The number of hydrogen-bond donors (Lipinski definition) is 1. The van der Waals surface area contributed by atoms with Crippen LogP contribution in [0.5, 0.6) is 0 Å². The van der Waals surface area contributed by atoms with Crippen molar-refractivity contribution in [2.75, 3.05) is 7.05 Å². The highest BCUT2D eigenvalue weighted by Crippen LogP contribution is 2.27. The molecule has 0 radical (unpaired) electrons. The molecule has 0 saturated heterocycles. The fourth-order valence-corrected chi connectivity index (χ4v) is 2.39. The van der Waals surface area contributed by atoms with Gasteiger partial charge in [-0.2, -0.15) is 0 Å². The Hall–Kier alpha value is -1.98. The molecule has 2 aromatic rings. The molecule has 0 fully saturated rings. The average molecular weight is 309 g/mol. The number of nitrogens with zero attached hydrogens (tertiary/aromatic N) is 1. The number of nitro benzene ring substituents is 1. The van der Waals surface area contributed by atoms with Crippen LogP contribution >= 0.6 is 11.6 Å². The van der Waals surface area contributed by atoms with E-state index >= 15 is 0 Å². The van der Waals surface area contributed by atoms with E-state index in [4.69, 9.17) is 11.6 Å². The predicted octanol–water partition coefficient (Wildman–Crippen LogP) is 3.89. The summed E-state index contributed by atoms with van der Waals surface area (Å²) < 4.78 is 14.0.